The van der Waals surface area contributed by atoms with Gasteiger partial charge in [-0.2, -0.15) is 0 Å². The number of phenolic OH excluding ortho intramolecular Hbond substituents is 1. The first kappa shape index (κ1) is 15.7. The molecule has 2 heterocycles. The van der Waals surface area contributed by atoms with Crippen LogP contribution < -0.4 is 14.8 Å². The standard InChI is InChI=1S/C18H17NO6/c20-14-4-2-12(18-22-6-1-7-23-18)8-13(14)19-17(21)11-3-5-15-16(9-11)25-10-24-15/h2-5,8-9,18,20H,1,6-7,10H2,(H,19,21). The molecule has 1 saturated heterocycles. The number of aromatic hydroxyl groups is 1. The Morgan fingerprint density at radius 3 is 2.68 bits per heavy atom. The number of ether oxygens (including phenoxy) is 4. The first-order valence-corrected chi connectivity index (χ1v) is 7.98. The second-order valence-electron chi connectivity index (χ2n) is 5.73. The van der Waals surface area contributed by atoms with Crippen LogP contribution in [0.1, 0.15) is 28.6 Å². The summed E-state index contributed by atoms with van der Waals surface area (Å²) in [6.45, 7) is 1.37. The van der Waals surface area contributed by atoms with Crippen molar-refractivity contribution >= 4 is 11.6 Å². The average Bonchev–Trinajstić information content (AvgIpc) is 3.12. The average molecular weight is 343 g/mol. The second-order valence-corrected chi connectivity index (χ2v) is 5.73. The molecule has 0 unspecified atom stereocenters. The quantitative estimate of drug-likeness (QED) is 0.834. The minimum Gasteiger partial charge on any atom is -0.506 e. The van der Waals surface area contributed by atoms with E-state index in [1.54, 1.807) is 30.3 Å². The Balaban J connectivity index is 1.54. The zero-order valence-electron chi connectivity index (χ0n) is 13.4. The first-order chi connectivity index (χ1) is 12.2. The molecule has 1 fully saturated rings. The summed E-state index contributed by atoms with van der Waals surface area (Å²) in [6, 6.07) is 9.78. The number of anilines is 1. The number of nitrogens with one attached hydrogen (secondary N) is 1. The summed E-state index contributed by atoms with van der Waals surface area (Å²) < 4.78 is 21.6. The van der Waals surface area contributed by atoms with Crippen LogP contribution in [0.5, 0.6) is 17.2 Å². The summed E-state index contributed by atoms with van der Waals surface area (Å²) in [6.07, 6.45) is 0.359. The molecule has 7 nitrogen and oxygen atoms in total. The largest absolute Gasteiger partial charge is 0.506 e. The van der Waals surface area contributed by atoms with Crippen molar-refractivity contribution < 1.29 is 28.8 Å². The first-order valence-electron chi connectivity index (χ1n) is 7.98. The highest BCUT2D eigenvalue weighted by molar-refractivity contribution is 6.05. The summed E-state index contributed by atoms with van der Waals surface area (Å²) in [5, 5.41) is 12.7. The van der Waals surface area contributed by atoms with E-state index in [1.807, 2.05) is 0 Å². The smallest absolute Gasteiger partial charge is 0.255 e. The van der Waals surface area contributed by atoms with Gasteiger partial charge in [-0.25, -0.2) is 0 Å². The number of benzene rings is 2. The number of amides is 1. The summed E-state index contributed by atoms with van der Waals surface area (Å²) >= 11 is 0. The van der Waals surface area contributed by atoms with Crippen LogP contribution in [0.4, 0.5) is 5.69 Å². The fourth-order valence-electron chi connectivity index (χ4n) is 2.71. The van der Waals surface area contributed by atoms with Crippen molar-refractivity contribution in [2.24, 2.45) is 0 Å². The van der Waals surface area contributed by atoms with Crippen molar-refractivity contribution in [2.75, 3.05) is 25.3 Å². The van der Waals surface area contributed by atoms with Gasteiger partial charge < -0.3 is 29.4 Å². The maximum absolute atomic E-state index is 12.5. The molecule has 2 N–H and O–H groups in total. The van der Waals surface area contributed by atoms with Crippen molar-refractivity contribution in [3.05, 3.63) is 47.5 Å². The zero-order valence-corrected chi connectivity index (χ0v) is 13.4. The van der Waals surface area contributed by atoms with Gasteiger partial charge >= 0.3 is 0 Å². The fraction of sp³-hybridized carbons (Fsp3) is 0.278. The van der Waals surface area contributed by atoms with Crippen LogP contribution in [-0.2, 0) is 9.47 Å². The third kappa shape index (κ3) is 3.24. The summed E-state index contributed by atoms with van der Waals surface area (Å²) in [4.78, 5) is 12.5. The Morgan fingerprint density at radius 2 is 1.84 bits per heavy atom. The van der Waals surface area contributed by atoms with Crippen LogP contribution in [0.15, 0.2) is 36.4 Å². The van der Waals surface area contributed by atoms with E-state index in [4.69, 9.17) is 18.9 Å². The summed E-state index contributed by atoms with van der Waals surface area (Å²) in [5.74, 6) is 0.729. The number of fused-ring (bicyclic) bond motifs is 1. The van der Waals surface area contributed by atoms with Crippen molar-refractivity contribution in [3.8, 4) is 17.2 Å². The summed E-state index contributed by atoms with van der Waals surface area (Å²) in [5.41, 5.74) is 1.43. The van der Waals surface area contributed by atoms with Crippen LogP contribution in [-0.4, -0.2) is 31.0 Å². The van der Waals surface area contributed by atoms with Crippen molar-refractivity contribution in [3.63, 3.8) is 0 Å². The molecule has 2 aromatic rings. The molecular weight excluding hydrogens is 326 g/mol. The van der Waals surface area contributed by atoms with E-state index in [0.717, 1.165) is 12.0 Å². The van der Waals surface area contributed by atoms with Gasteiger partial charge in [0.25, 0.3) is 5.91 Å². The molecule has 4 rings (SSSR count). The SMILES string of the molecule is O=C(Nc1cc(C2OCCCO2)ccc1O)c1ccc2c(c1)OCO2. The Morgan fingerprint density at radius 1 is 1.04 bits per heavy atom. The van der Waals surface area contributed by atoms with Gasteiger partial charge in [0, 0.05) is 11.1 Å². The Labute approximate surface area is 144 Å². The molecule has 0 bridgehead atoms. The van der Waals surface area contributed by atoms with Gasteiger partial charge in [-0.05, 0) is 36.8 Å². The van der Waals surface area contributed by atoms with Gasteiger partial charge in [0.05, 0.1) is 18.9 Å². The van der Waals surface area contributed by atoms with Crippen LogP contribution in [0.3, 0.4) is 0 Å². The Kier molecular flexibility index (Phi) is 4.17. The molecule has 7 heteroatoms. The van der Waals surface area contributed by atoms with Gasteiger partial charge in [0.15, 0.2) is 17.8 Å². The minimum atomic E-state index is -0.490. The molecule has 1 amide bonds. The number of carbonyl (C=O) groups is 1. The topological polar surface area (TPSA) is 86.3 Å². The van der Waals surface area contributed by atoms with Crippen molar-refractivity contribution in [2.45, 2.75) is 12.7 Å². The van der Waals surface area contributed by atoms with Gasteiger partial charge in [0.1, 0.15) is 5.75 Å². The third-order valence-corrected chi connectivity index (χ3v) is 4.00. The van der Waals surface area contributed by atoms with Crippen molar-refractivity contribution in [1.29, 1.82) is 0 Å². The van der Waals surface area contributed by atoms with E-state index in [1.165, 1.54) is 6.07 Å². The van der Waals surface area contributed by atoms with Crippen LogP contribution >= 0.6 is 0 Å². The molecule has 0 radical (unpaired) electrons. The highest BCUT2D eigenvalue weighted by Gasteiger charge is 2.20. The molecule has 2 aliphatic heterocycles. The monoisotopic (exact) mass is 343 g/mol. The molecule has 130 valence electrons. The highest BCUT2D eigenvalue weighted by Crippen LogP contribution is 2.34. The Bertz CT molecular complexity index is 800. The van der Waals surface area contributed by atoms with E-state index >= 15 is 0 Å². The lowest BCUT2D eigenvalue weighted by molar-refractivity contribution is -0.183. The molecule has 25 heavy (non-hydrogen) atoms. The van der Waals surface area contributed by atoms with E-state index in [9.17, 15) is 9.90 Å². The molecule has 0 aliphatic carbocycles. The highest BCUT2D eigenvalue weighted by atomic mass is 16.7. The number of hydrogen-bond donors (Lipinski definition) is 2. The predicted molar refractivity (Wildman–Crippen MR) is 87.9 cm³/mol. The molecule has 0 spiro atoms. The van der Waals surface area contributed by atoms with Crippen LogP contribution in [0.25, 0.3) is 0 Å². The number of rotatable bonds is 3. The van der Waals surface area contributed by atoms with Gasteiger partial charge in [-0.3, -0.25) is 4.79 Å². The minimum absolute atomic E-state index is 0.0337. The molecule has 2 aromatic carbocycles. The maximum Gasteiger partial charge on any atom is 0.255 e. The molecule has 0 atom stereocenters. The Hall–Kier alpha value is -2.77. The molecule has 0 saturated carbocycles. The van der Waals surface area contributed by atoms with E-state index in [2.05, 4.69) is 5.32 Å². The third-order valence-electron chi connectivity index (χ3n) is 4.00. The lowest BCUT2D eigenvalue weighted by Gasteiger charge is -2.24. The maximum atomic E-state index is 12.5. The van der Waals surface area contributed by atoms with Gasteiger partial charge in [0.2, 0.25) is 6.79 Å². The lowest BCUT2D eigenvalue weighted by atomic mass is 10.1. The van der Waals surface area contributed by atoms with E-state index < -0.39 is 6.29 Å². The van der Waals surface area contributed by atoms with Crippen LogP contribution in [0.2, 0.25) is 0 Å². The number of carbonyl (C=O) groups excluding carboxylic acids is 1. The van der Waals surface area contributed by atoms with Crippen LogP contribution in [0, 0.1) is 0 Å². The molecule has 0 aromatic heterocycles. The van der Waals surface area contributed by atoms with Crippen molar-refractivity contribution in [1.82, 2.24) is 0 Å². The number of phenols is 1. The van der Waals surface area contributed by atoms with Gasteiger partial charge in [-0.1, -0.05) is 6.07 Å². The second kappa shape index (κ2) is 6.62. The number of hydrogen-bond acceptors (Lipinski definition) is 6. The fourth-order valence-corrected chi connectivity index (χ4v) is 2.71. The summed E-state index contributed by atoms with van der Waals surface area (Å²) in [7, 11) is 0. The zero-order chi connectivity index (χ0) is 17.2. The van der Waals surface area contributed by atoms with E-state index in [0.29, 0.717) is 30.3 Å². The molecular formula is C18H17NO6. The predicted octanol–water partition coefficient (Wildman–Crippen LogP) is 2.81. The normalized spacial score (nSPS) is 16.6. The molecule has 2 aliphatic rings. The lowest BCUT2D eigenvalue weighted by Crippen LogP contribution is -2.18. The van der Waals surface area contributed by atoms with Gasteiger partial charge in [-0.15, -0.1) is 0 Å². The van der Waals surface area contributed by atoms with E-state index in [-0.39, 0.29) is 24.1 Å².